The van der Waals surface area contributed by atoms with E-state index in [1.807, 2.05) is 0 Å². The average molecular weight is 523 g/mol. The first-order chi connectivity index (χ1) is 17.2. The Labute approximate surface area is 216 Å². The lowest BCUT2D eigenvalue weighted by molar-refractivity contribution is -0.259. The molecule has 0 aromatic heterocycles. The van der Waals surface area contributed by atoms with Crippen LogP contribution in [0.25, 0.3) is 0 Å². The highest BCUT2D eigenvalue weighted by Crippen LogP contribution is 2.11. The lowest BCUT2D eigenvalue weighted by Gasteiger charge is -2.04. The molecule has 0 aromatic rings. The Morgan fingerprint density at radius 1 is 0.444 bits per heavy atom. The minimum absolute atomic E-state index is 0.277. The fourth-order valence-corrected chi connectivity index (χ4v) is 3.06. The fraction of sp³-hybridized carbons (Fsp3) is 0.846. The molecule has 0 fully saturated rings. The molecule has 10 nitrogen and oxygen atoms in total. The highest BCUT2D eigenvalue weighted by molar-refractivity contribution is 5.72. The summed E-state index contributed by atoms with van der Waals surface area (Å²) in [6.07, 6.45) is 17.1. The first-order valence-electron chi connectivity index (χ1n) is 13.2. The normalized spacial score (nSPS) is 9.78. The van der Waals surface area contributed by atoms with E-state index in [0.29, 0.717) is 0 Å². The molecule has 0 saturated carbocycles. The third kappa shape index (κ3) is 49.0. The molecule has 0 amide bonds. The SMILES string of the molecule is CC(=O)O.CC(=O)O.O=C(CCCCCCCCCCO)OOC(=O)CCCCCCCCCCO. The van der Waals surface area contributed by atoms with E-state index in [0.717, 1.165) is 104 Å². The standard InChI is InChI=1S/C22H42O6.2C2H4O2/c23-19-15-11-7-3-1-5-9-13-17-21(25)27-28-22(26)18-14-10-6-2-4-8-12-16-20-24;2*1-2(3)4/h23-24H,1-20H2;2*1H3,(H,3,4). The van der Waals surface area contributed by atoms with Gasteiger partial charge in [-0.1, -0.05) is 77.0 Å². The molecule has 214 valence electrons. The van der Waals surface area contributed by atoms with Gasteiger partial charge in [0.15, 0.2) is 0 Å². The van der Waals surface area contributed by atoms with Crippen molar-refractivity contribution in [2.45, 2.75) is 129 Å². The summed E-state index contributed by atoms with van der Waals surface area (Å²) in [5.74, 6) is -2.61. The van der Waals surface area contributed by atoms with Crippen LogP contribution in [0.5, 0.6) is 0 Å². The molecule has 0 spiro atoms. The van der Waals surface area contributed by atoms with Crippen molar-refractivity contribution in [1.29, 1.82) is 0 Å². The summed E-state index contributed by atoms with van der Waals surface area (Å²) in [5, 5.41) is 32.2. The maximum atomic E-state index is 11.5. The van der Waals surface area contributed by atoms with Crippen LogP contribution in [-0.2, 0) is 29.0 Å². The topological polar surface area (TPSA) is 168 Å². The van der Waals surface area contributed by atoms with Gasteiger partial charge >= 0.3 is 11.9 Å². The summed E-state index contributed by atoms with van der Waals surface area (Å²) in [6, 6.07) is 0. The van der Waals surface area contributed by atoms with Gasteiger partial charge in [0, 0.05) is 27.1 Å². The van der Waals surface area contributed by atoms with Gasteiger partial charge in [0.05, 0.1) is 12.8 Å². The predicted molar refractivity (Wildman–Crippen MR) is 136 cm³/mol. The molecule has 0 radical (unpaired) electrons. The highest BCUT2D eigenvalue weighted by Gasteiger charge is 2.09. The number of hydrogen-bond donors (Lipinski definition) is 4. The van der Waals surface area contributed by atoms with Crippen LogP contribution < -0.4 is 0 Å². The number of hydrogen-bond acceptors (Lipinski definition) is 8. The Morgan fingerprint density at radius 2 is 0.639 bits per heavy atom. The minimum Gasteiger partial charge on any atom is -0.481 e. The zero-order chi connectivity index (χ0) is 27.9. The monoisotopic (exact) mass is 522 g/mol. The number of aliphatic hydroxyl groups is 2. The van der Waals surface area contributed by atoms with Crippen LogP contribution in [-0.4, -0.2) is 57.5 Å². The molecule has 0 aliphatic rings. The molecule has 0 atom stereocenters. The second-order valence-electron chi connectivity index (χ2n) is 8.55. The molecule has 4 N–H and O–H groups in total. The second-order valence-corrected chi connectivity index (χ2v) is 8.55. The molecular weight excluding hydrogens is 472 g/mol. The number of aliphatic hydroxyl groups excluding tert-OH is 2. The van der Waals surface area contributed by atoms with E-state index >= 15 is 0 Å². The maximum Gasteiger partial charge on any atom is 0.355 e. The Kier molecular flexibility index (Phi) is 34.9. The van der Waals surface area contributed by atoms with Crippen LogP contribution in [0.2, 0.25) is 0 Å². The zero-order valence-corrected chi connectivity index (χ0v) is 22.4. The van der Waals surface area contributed by atoms with E-state index in [1.165, 1.54) is 12.8 Å². The van der Waals surface area contributed by atoms with Gasteiger partial charge in [0.1, 0.15) is 0 Å². The van der Waals surface area contributed by atoms with Gasteiger partial charge in [-0.05, 0) is 25.7 Å². The molecule has 0 bridgehead atoms. The molecule has 10 heteroatoms. The van der Waals surface area contributed by atoms with Crippen molar-refractivity contribution in [1.82, 2.24) is 0 Å². The Bertz CT molecular complexity index is 469. The minimum atomic E-state index is -0.833. The van der Waals surface area contributed by atoms with Crippen LogP contribution in [0.3, 0.4) is 0 Å². The third-order valence-electron chi connectivity index (χ3n) is 4.81. The Morgan fingerprint density at radius 3 is 0.861 bits per heavy atom. The van der Waals surface area contributed by atoms with Crippen molar-refractivity contribution in [3.05, 3.63) is 0 Å². The summed E-state index contributed by atoms with van der Waals surface area (Å²) in [6.45, 7) is 2.72. The van der Waals surface area contributed by atoms with Gasteiger partial charge in [-0.25, -0.2) is 19.4 Å². The van der Waals surface area contributed by atoms with Gasteiger partial charge in [0.25, 0.3) is 11.9 Å². The zero-order valence-electron chi connectivity index (χ0n) is 22.4. The van der Waals surface area contributed by atoms with Crippen LogP contribution in [0.15, 0.2) is 0 Å². The van der Waals surface area contributed by atoms with Crippen molar-refractivity contribution in [3.8, 4) is 0 Å². The number of rotatable bonds is 20. The molecule has 0 aliphatic heterocycles. The Balaban J connectivity index is -0.00000118. The lowest BCUT2D eigenvalue weighted by atomic mass is 10.1. The van der Waals surface area contributed by atoms with Crippen LogP contribution in [0.4, 0.5) is 0 Å². The molecule has 0 aromatic carbocycles. The average Bonchev–Trinajstić information content (AvgIpc) is 2.80. The lowest BCUT2D eigenvalue weighted by Crippen LogP contribution is -2.11. The predicted octanol–water partition coefficient (Wildman–Crippen LogP) is 5.18. The van der Waals surface area contributed by atoms with Crippen molar-refractivity contribution < 1.29 is 49.4 Å². The quantitative estimate of drug-likeness (QED) is 0.0950. The van der Waals surface area contributed by atoms with Gasteiger partial charge in [-0.3, -0.25) is 9.59 Å². The van der Waals surface area contributed by atoms with Crippen molar-refractivity contribution in [3.63, 3.8) is 0 Å². The second kappa shape index (κ2) is 32.8. The summed E-state index contributed by atoms with van der Waals surface area (Å²) < 4.78 is 0. The van der Waals surface area contributed by atoms with Gasteiger partial charge in [0.2, 0.25) is 0 Å². The Hall–Kier alpha value is -2.20. The molecular formula is C26H50O10. The van der Waals surface area contributed by atoms with Crippen molar-refractivity contribution in [2.75, 3.05) is 13.2 Å². The number of carbonyl (C=O) groups excluding carboxylic acids is 2. The van der Waals surface area contributed by atoms with Crippen LogP contribution in [0.1, 0.15) is 129 Å². The van der Waals surface area contributed by atoms with Crippen LogP contribution >= 0.6 is 0 Å². The summed E-state index contributed by atoms with van der Waals surface area (Å²) in [7, 11) is 0. The molecule has 0 heterocycles. The van der Waals surface area contributed by atoms with E-state index in [4.69, 9.17) is 30.0 Å². The number of unbranched alkanes of at least 4 members (excludes halogenated alkanes) is 14. The van der Waals surface area contributed by atoms with Gasteiger partial charge < -0.3 is 20.4 Å². The van der Waals surface area contributed by atoms with Crippen LogP contribution in [0, 0.1) is 0 Å². The number of aliphatic carboxylic acids is 2. The number of carboxylic acid groups (broad SMARTS) is 2. The fourth-order valence-electron chi connectivity index (χ4n) is 3.06. The van der Waals surface area contributed by atoms with Gasteiger partial charge in [-0.2, -0.15) is 0 Å². The molecule has 0 rings (SSSR count). The summed E-state index contributed by atoms with van der Waals surface area (Å²) in [5.41, 5.74) is 0. The molecule has 36 heavy (non-hydrogen) atoms. The van der Waals surface area contributed by atoms with E-state index in [9.17, 15) is 9.59 Å². The summed E-state index contributed by atoms with van der Waals surface area (Å²) >= 11 is 0. The highest BCUT2D eigenvalue weighted by atomic mass is 17.2. The van der Waals surface area contributed by atoms with E-state index in [2.05, 4.69) is 9.78 Å². The van der Waals surface area contributed by atoms with Crippen molar-refractivity contribution in [2.24, 2.45) is 0 Å². The van der Waals surface area contributed by atoms with E-state index in [-0.39, 0.29) is 26.1 Å². The number of carboxylic acids is 2. The van der Waals surface area contributed by atoms with E-state index < -0.39 is 23.9 Å². The van der Waals surface area contributed by atoms with E-state index in [1.54, 1.807) is 0 Å². The first-order valence-corrected chi connectivity index (χ1v) is 13.2. The number of carbonyl (C=O) groups is 4. The van der Waals surface area contributed by atoms with Crippen molar-refractivity contribution >= 4 is 23.9 Å². The summed E-state index contributed by atoms with van der Waals surface area (Å²) in [4.78, 5) is 50.2. The first kappa shape index (κ1) is 38.3. The maximum absolute atomic E-state index is 11.5. The molecule has 0 unspecified atom stereocenters. The van der Waals surface area contributed by atoms with Gasteiger partial charge in [-0.15, -0.1) is 0 Å². The third-order valence-corrected chi connectivity index (χ3v) is 4.81. The molecule has 0 saturated heterocycles. The smallest absolute Gasteiger partial charge is 0.355 e. The largest absolute Gasteiger partial charge is 0.481 e. The molecule has 0 aliphatic carbocycles.